The van der Waals surface area contributed by atoms with Crippen LogP contribution >= 0.6 is 23.8 Å². The van der Waals surface area contributed by atoms with E-state index in [1.807, 2.05) is 25.1 Å². The SMILES string of the molecule is CCNC(=S)NNC(=O)Cc1ccccc1Cl. The van der Waals surface area contributed by atoms with Gasteiger partial charge in [-0.15, -0.1) is 0 Å². The molecule has 0 aliphatic heterocycles. The van der Waals surface area contributed by atoms with Crippen LogP contribution in [0.4, 0.5) is 0 Å². The first kappa shape index (κ1) is 13.7. The van der Waals surface area contributed by atoms with Gasteiger partial charge in [-0.25, -0.2) is 0 Å². The number of rotatable bonds is 3. The van der Waals surface area contributed by atoms with Crippen LogP contribution in [0.25, 0.3) is 0 Å². The molecular weight excluding hydrogens is 258 g/mol. The van der Waals surface area contributed by atoms with Crippen LogP contribution in [0.2, 0.25) is 5.02 Å². The van der Waals surface area contributed by atoms with Crippen molar-refractivity contribution in [1.29, 1.82) is 0 Å². The van der Waals surface area contributed by atoms with Crippen molar-refractivity contribution in [3.63, 3.8) is 0 Å². The van der Waals surface area contributed by atoms with Crippen molar-refractivity contribution in [2.45, 2.75) is 13.3 Å². The molecule has 0 aliphatic carbocycles. The van der Waals surface area contributed by atoms with E-state index in [-0.39, 0.29) is 12.3 Å². The third-order valence-electron chi connectivity index (χ3n) is 1.96. The van der Waals surface area contributed by atoms with Crippen LogP contribution in [0.5, 0.6) is 0 Å². The monoisotopic (exact) mass is 271 g/mol. The molecule has 0 aliphatic rings. The zero-order valence-electron chi connectivity index (χ0n) is 9.42. The number of hydrogen-bond acceptors (Lipinski definition) is 2. The number of halogens is 1. The van der Waals surface area contributed by atoms with E-state index in [0.717, 1.165) is 5.56 Å². The van der Waals surface area contributed by atoms with Crippen molar-refractivity contribution in [3.05, 3.63) is 34.9 Å². The summed E-state index contributed by atoms with van der Waals surface area (Å²) in [5.74, 6) is -0.196. The van der Waals surface area contributed by atoms with Gasteiger partial charge in [-0.2, -0.15) is 0 Å². The van der Waals surface area contributed by atoms with E-state index in [2.05, 4.69) is 16.2 Å². The molecule has 1 amide bonds. The lowest BCUT2D eigenvalue weighted by Crippen LogP contribution is -2.47. The standard InChI is InChI=1S/C11H14ClN3OS/c1-2-13-11(17)15-14-10(16)7-8-5-3-4-6-9(8)12/h3-6H,2,7H2,1H3,(H,14,16)(H2,13,15,17). The topological polar surface area (TPSA) is 53.2 Å². The summed E-state index contributed by atoms with van der Waals surface area (Å²) in [4.78, 5) is 11.6. The van der Waals surface area contributed by atoms with Crippen LogP contribution < -0.4 is 16.2 Å². The number of benzene rings is 1. The molecule has 1 aromatic carbocycles. The summed E-state index contributed by atoms with van der Waals surface area (Å²) < 4.78 is 0. The predicted molar refractivity (Wildman–Crippen MR) is 72.7 cm³/mol. The van der Waals surface area contributed by atoms with Crippen molar-refractivity contribution in [2.24, 2.45) is 0 Å². The molecule has 6 heteroatoms. The molecule has 0 atom stereocenters. The summed E-state index contributed by atoms with van der Waals surface area (Å²) >= 11 is 10.8. The van der Waals surface area contributed by atoms with Crippen molar-refractivity contribution in [1.82, 2.24) is 16.2 Å². The minimum Gasteiger partial charge on any atom is -0.362 e. The Morgan fingerprint density at radius 2 is 2.06 bits per heavy atom. The molecule has 0 heterocycles. The fourth-order valence-electron chi connectivity index (χ4n) is 1.19. The molecule has 3 N–H and O–H groups in total. The fraction of sp³-hybridized carbons (Fsp3) is 0.273. The van der Waals surface area contributed by atoms with E-state index in [0.29, 0.717) is 16.7 Å². The number of thiocarbonyl (C=S) groups is 1. The Morgan fingerprint density at radius 1 is 1.35 bits per heavy atom. The number of nitrogens with one attached hydrogen (secondary N) is 3. The van der Waals surface area contributed by atoms with Gasteiger partial charge < -0.3 is 5.32 Å². The maximum absolute atomic E-state index is 11.6. The smallest absolute Gasteiger partial charge is 0.242 e. The average molecular weight is 272 g/mol. The first-order valence-electron chi connectivity index (χ1n) is 5.19. The summed E-state index contributed by atoms with van der Waals surface area (Å²) in [5, 5.41) is 3.83. The second-order valence-corrected chi connectivity index (χ2v) is 4.12. The quantitative estimate of drug-likeness (QED) is 0.575. The highest BCUT2D eigenvalue weighted by atomic mass is 35.5. The Morgan fingerprint density at radius 3 is 2.71 bits per heavy atom. The van der Waals surface area contributed by atoms with Gasteiger partial charge in [0.1, 0.15) is 0 Å². The first-order chi connectivity index (χ1) is 8.13. The van der Waals surface area contributed by atoms with E-state index in [1.54, 1.807) is 6.07 Å². The predicted octanol–water partition coefficient (Wildman–Crippen LogP) is 1.40. The molecule has 1 rings (SSSR count). The van der Waals surface area contributed by atoms with Gasteiger partial charge in [0.05, 0.1) is 6.42 Å². The molecule has 0 aromatic heterocycles. The lowest BCUT2D eigenvalue weighted by molar-refractivity contribution is -0.121. The second-order valence-electron chi connectivity index (χ2n) is 3.30. The van der Waals surface area contributed by atoms with Crippen LogP contribution in [-0.4, -0.2) is 17.6 Å². The minimum absolute atomic E-state index is 0.196. The van der Waals surface area contributed by atoms with Crippen LogP contribution in [-0.2, 0) is 11.2 Å². The molecular formula is C11H14ClN3OS. The molecule has 17 heavy (non-hydrogen) atoms. The Bertz CT molecular complexity index is 411. The fourth-order valence-corrected chi connectivity index (χ4v) is 1.59. The largest absolute Gasteiger partial charge is 0.362 e. The maximum atomic E-state index is 11.6. The van der Waals surface area contributed by atoms with Gasteiger partial charge in [0.2, 0.25) is 5.91 Å². The van der Waals surface area contributed by atoms with Gasteiger partial charge in [-0.1, -0.05) is 29.8 Å². The summed E-state index contributed by atoms with van der Waals surface area (Å²) in [7, 11) is 0. The summed E-state index contributed by atoms with van der Waals surface area (Å²) in [6, 6.07) is 7.22. The highest BCUT2D eigenvalue weighted by Crippen LogP contribution is 2.14. The number of hydrazine groups is 1. The van der Waals surface area contributed by atoms with Crippen LogP contribution in [0.3, 0.4) is 0 Å². The summed E-state index contributed by atoms with van der Waals surface area (Å²) in [6.07, 6.45) is 0.210. The van der Waals surface area contributed by atoms with E-state index in [1.165, 1.54) is 0 Å². The average Bonchev–Trinajstić information content (AvgIpc) is 2.30. The molecule has 4 nitrogen and oxygen atoms in total. The summed E-state index contributed by atoms with van der Waals surface area (Å²) in [5.41, 5.74) is 5.87. The van der Waals surface area contributed by atoms with E-state index >= 15 is 0 Å². The number of carbonyl (C=O) groups is 1. The Hall–Kier alpha value is -1.33. The van der Waals surface area contributed by atoms with Crippen LogP contribution in [0.1, 0.15) is 12.5 Å². The molecule has 0 saturated carbocycles. The number of carbonyl (C=O) groups excluding carboxylic acids is 1. The van der Waals surface area contributed by atoms with Crippen molar-refractivity contribution in [2.75, 3.05) is 6.54 Å². The maximum Gasteiger partial charge on any atom is 0.242 e. The first-order valence-corrected chi connectivity index (χ1v) is 5.98. The third kappa shape index (κ3) is 5.01. The summed E-state index contributed by atoms with van der Waals surface area (Å²) in [6.45, 7) is 2.62. The van der Waals surface area contributed by atoms with Crippen molar-refractivity contribution in [3.8, 4) is 0 Å². The molecule has 92 valence electrons. The van der Waals surface area contributed by atoms with Crippen LogP contribution in [0.15, 0.2) is 24.3 Å². The van der Waals surface area contributed by atoms with Crippen LogP contribution in [0, 0.1) is 0 Å². The lowest BCUT2D eigenvalue weighted by atomic mass is 10.1. The zero-order valence-corrected chi connectivity index (χ0v) is 11.0. The van der Waals surface area contributed by atoms with Gasteiger partial charge in [0, 0.05) is 11.6 Å². The Balaban J connectivity index is 2.40. The molecule has 1 aromatic rings. The van der Waals surface area contributed by atoms with E-state index in [9.17, 15) is 4.79 Å². The van der Waals surface area contributed by atoms with Crippen molar-refractivity contribution >= 4 is 34.8 Å². The molecule has 0 bridgehead atoms. The van der Waals surface area contributed by atoms with Gasteiger partial charge in [0.25, 0.3) is 0 Å². The lowest BCUT2D eigenvalue weighted by Gasteiger charge is -2.10. The van der Waals surface area contributed by atoms with E-state index < -0.39 is 0 Å². The minimum atomic E-state index is -0.196. The zero-order chi connectivity index (χ0) is 12.7. The van der Waals surface area contributed by atoms with Gasteiger partial charge in [-0.3, -0.25) is 15.6 Å². The molecule has 0 fully saturated rings. The number of amides is 1. The Kier molecular flexibility index (Phi) is 5.72. The Labute approximate surface area is 111 Å². The normalized spacial score (nSPS) is 9.53. The van der Waals surface area contributed by atoms with E-state index in [4.69, 9.17) is 23.8 Å². The molecule has 0 spiro atoms. The molecule has 0 radical (unpaired) electrons. The van der Waals surface area contributed by atoms with Gasteiger partial charge in [-0.05, 0) is 30.8 Å². The molecule has 0 unspecified atom stereocenters. The van der Waals surface area contributed by atoms with Crippen molar-refractivity contribution < 1.29 is 4.79 Å². The highest BCUT2D eigenvalue weighted by Gasteiger charge is 2.06. The van der Waals surface area contributed by atoms with Gasteiger partial charge in [0.15, 0.2) is 5.11 Å². The molecule has 0 saturated heterocycles. The highest BCUT2D eigenvalue weighted by molar-refractivity contribution is 7.80. The van der Waals surface area contributed by atoms with Gasteiger partial charge >= 0.3 is 0 Å². The third-order valence-corrected chi connectivity index (χ3v) is 2.58. The second kappa shape index (κ2) is 7.09. The number of hydrogen-bond donors (Lipinski definition) is 3.